The van der Waals surface area contributed by atoms with E-state index in [0.29, 0.717) is 49.8 Å². The van der Waals surface area contributed by atoms with Gasteiger partial charge in [0.1, 0.15) is 48.6 Å². The number of aliphatic hydroxyl groups excluding tert-OH is 1. The molecule has 0 spiro atoms. The summed E-state index contributed by atoms with van der Waals surface area (Å²) in [5.41, 5.74) is 17.5. The predicted molar refractivity (Wildman–Crippen MR) is 239 cm³/mol. The van der Waals surface area contributed by atoms with Crippen molar-refractivity contribution in [1.82, 2.24) is 42.3 Å². The van der Waals surface area contributed by atoms with Gasteiger partial charge in [-0.2, -0.15) is 11.8 Å². The molecule has 0 aromatic heterocycles. The molecule has 7 amide bonds. The van der Waals surface area contributed by atoms with Crippen LogP contribution in [-0.2, 0) is 49.6 Å². The van der Waals surface area contributed by atoms with Crippen molar-refractivity contribution in [3.05, 3.63) is 35.9 Å². The largest absolute Gasteiger partial charge is 0.481 e. The van der Waals surface area contributed by atoms with Crippen LogP contribution in [0.15, 0.2) is 30.3 Å². The van der Waals surface area contributed by atoms with Gasteiger partial charge < -0.3 is 58.0 Å². The molecule has 1 aliphatic rings. The molecule has 3 unspecified atom stereocenters. The molecule has 1 saturated heterocycles. The third kappa shape index (κ3) is 18.5. The minimum Gasteiger partial charge on any atom is -0.481 e. The molecule has 2 rings (SSSR count). The predicted octanol–water partition coefficient (Wildman–Crippen LogP) is -2.18. The van der Waals surface area contributed by atoms with Crippen LogP contribution in [-0.4, -0.2) is 149 Å². The summed E-state index contributed by atoms with van der Waals surface area (Å²) in [5, 5.41) is 32.1. The van der Waals surface area contributed by atoms with Crippen molar-refractivity contribution in [2.75, 3.05) is 31.7 Å². The fourth-order valence-electron chi connectivity index (χ4n) is 6.89. The number of hydrazine groups is 1. The number of benzene rings is 1. The number of nitrogens with zero attached hydrogens (tertiary/aromatic N) is 1. The first-order valence-corrected chi connectivity index (χ1v) is 22.9. The second kappa shape index (κ2) is 28.6. The Morgan fingerprint density at radius 2 is 1.45 bits per heavy atom. The number of amides is 7. The number of rotatable bonds is 31. The standard InChI is InChI=1S/C42H68N10O11S/c1-24(2)19-33(40(61)46-28(36(44)57)15-18-64-5)52-17-14-29(42(52)63)50-51-35(25(3)4)41(62)48-30(20-26-11-7-6-8-12-26)38(59)49-32(23-54)39(60)47-31(21-34(55)56)37(58)45-27(22-53)13-9-10-16-43/h6-8,11-12,22,24-25,27-33,35,50-51,54H,9-10,13-21,23,43H2,1-5H3,(H2,44,57)(H,45,58)(H,46,61)(H,47,60)(H,48,62)(H,49,59)(H,55,56)/t27-,28-,29?,30-,31-,32?,33-,35?/m0/s1. The van der Waals surface area contributed by atoms with Crippen molar-refractivity contribution >= 4 is 65.4 Å². The van der Waals surface area contributed by atoms with Gasteiger partial charge >= 0.3 is 5.97 Å². The zero-order chi connectivity index (χ0) is 47.9. The highest BCUT2D eigenvalue weighted by molar-refractivity contribution is 7.98. The fraction of sp³-hybridized carbons (Fsp3) is 0.643. The molecule has 0 radical (unpaired) electrons. The number of nitrogens with two attached hydrogens (primary N) is 2. The molecular weight excluding hydrogens is 853 g/mol. The molecule has 22 heteroatoms. The molecule has 21 nitrogen and oxygen atoms in total. The minimum absolute atomic E-state index is 0.0170. The maximum atomic E-state index is 14.0. The van der Waals surface area contributed by atoms with Crippen LogP contribution in [0.3, 0.4) is 0 Å². The van der Waals surface area contributed by atoms with Crippen molar-refractivity contribution in [1.29, 1.82) is 0 Å². The van der Waals surface area contributed by atoms with Crippen molar-refractivity contribution in [3.63, 3.8) is 0 Å². The Hall–Kier alpha value is -5.16. The topological polar surface area (TPSA) is 334 Å². The van der Waals surface area contributed by atoms with Crippen LogP contribution in [0, 0.1) is 11.8 Å². The van der Waals surface area contributed by atoms with E-state index in [1.807, 2.05) is 20.1 Å². The smallest absolute Gasteiger partial charge is 0.305 e. The lowest BCUT2D eigenvalue weighted by Crippen LogP contribution is -2.62. The van der Waals surface area contributed by atoms with E-state index in [-0.39, 0.29) is 31.7 Å². The number of thioether (sulfide) groups is 1. The Kier molecular flexibility index (Phi) is 24.6. The maximum absolute atomic E-state index is 14.0. The summed E-state index contributed by atoms with van der Waals surface area (Å²) >= 11 is 1.50. The van der Waals surface area contributed by atoms with Crippen LogP contribution in [0.4, 0.5) is 0 Å². The molecule has 1 aromatic carbocycles. The molecule has 0 aliphatic carbocycles. The number of nitrogens with one attached hydrogen (secondary N) is 7. The van der Waals surface area contributed by atoms with Crippen molar-refractivity contribution in [3.8, 4) is 0 Å². The molecule has 1 aromatic rings. The van der Waals surface area contributed by atoms with E-state index >= 15 is 0 Å². The normalized spacial score (nSPS) is 17.0. The number of aldehydes is 1. The van der Waals surface area contributed by atoms with E-state index in [4.69, 9.17) is 11.5 Å². The summed E-state index contributed by atoms with van der Waals surface area (Å²) in [5.74, 6) is -6.47. The molecule has 1 heterocycles. The summed E-state index contributed by atoms with van der Waals surface area (Å²) < 4.78 is 0. The number of likely N-dealkylation sites (tertiary alicyclic amines) is 1. The second-order valence-corrected chi connectivity index (χ2v) is 17.4. The summed E-state index contributed by atoms with van der Waals surface area (Å²) in [4.78, 5) is 118. The van der Waals surface area contributed by atoms with Gasteiger partial charge in [0.25, 0.3) is 0 Å². The maximum Gasteiger partial charge on any atom is 0.305 e. The van der Waals surface area contributed by atoms with E-state index in [1.54, 1.807) is 44.2 Å². The van der Waals surface area contributed by atoms with Crippen LogP contribution >= 0.6 is 11.8 Å². The highest BCUT2D eigenvalue weighted by atomic mass is 32.2. The molecule has 1 aliphatic heterocycles. The molecule has 0 bridgehead atoms. The number of primary amides is 1. The quantitative estimate of drug-likeness (QED) is 0.0214. The zero-order valence-electron chi connectivity index (χ0n) is 37.3. The van der Waals surface area contributed by atoms with E-state index in [0.717, 1.165) is 0 Å². The third-order valence-corrected chi connectivity index (χ3v) is 11.1. The van der Waals surface area contributed by atoms with Gasteiger partial charge in [-0.15, -0.1) is 0 Å². The number of carbonyl (C=O) groups excluding carboxylic acids is 8. The van der Waals surface area contributed by atoms with Crippen LogP contribution in [0.1, 0.15) is 78.2 Å². The molecule has 13 N–H and O–H groups in total. The number of unbranched alkanes of at least 4 members (excludes halogenated alkanes) is 1. The van der Waals surface area contributed by atoms with Crippen LogP contribution in [0.2, 0.25) is 0 Å². The number of aliphatic carboxylic acids is 1. The van der Waals surface area contributed by atoms with Crippen LogP contribution in [0.5, 0.6) is 0 Å². The van der Waals surface area contributed by atoms with Gasteiger partial charge in [0.05, 0.1) is 19.1 Å². The molecule has 64 heavy (non-hydrogen) atoms. The summed E-state index contributed by atoms with van der Waals surface area (Å²) in [6.07, 6.45) is 3.63. The highest BCUT2D eigenvalue weighted by Crippen LogP contribution is 2.21. The number of carboxylic acid groups (broad SMARTS) is 1. The van der Waals surface area contributed by atoms with Gasteiger partial charge in [0.2, 0.25) is 41.4 Å². The zero-order valence-corrected chi connectivity index (χ0v) is 38.1. The van der Waals surface area contributed by atoms with Gasteiger partial charge in [-0.25, -0.2) is 10.9 Å². The van der Waals surface area contributed by atoms with Gasteiger partial charge in [-0.3, -0.25) is 38.4 Å². The first-order valence-electron chi connectivity index (χ1n) is 21.5. The van der Waals surface area contributed by atoms with Crippen molar-refractivity contribution in [2.45, 2.75) is 127 Å². The number of hydrogen-bond acceptors (Lipinski definition) is 14. The number of carbonyl (C=O) groups is 9. The summed E-state index contributed by atoms with van der Waals surface area (Å²) in [6.45, 7) is 6.88. The van der Waals surface area contributed by atoms with Gasteiger partial charge in [0.15, 0.2) is 0 Å². The Morgan fingerprint density at radius 1 is 0.844 bits per heavy atom. The lowest BCUT2D eigenvalue weighted by Gasteiger charge is -2.30. The van der Waals surface area contributed by atoms with E-state index in [1.165, 1.54) is 16.7 Å². The lowest BCUT2D eigenvalue weighted by molar-refractivity contribution is -0.141. The van der Waals surface area contributed by atoms with Crippen molar-refractivity contribution < 1.29 is 53.4 Å². The molecule has 8 atom stereocenters. The average molecular weight is 921 g/mol. The first-order chi connectivity index (χ1) is 30.4. The Balaban J connectivity index is 2.24. The molecule has 0 saturated carbocycles. The molecular formula is C42H68N10O11S. The molecule has 1 fully saturated rings. The SMILES string of the molecule is CSCC[C@H](NC(=O)[C@H](CC(C)C)N1CCC(NNC(C(=O)N[C@@H](Cc2ccccc2)C(=O)NC(CO)C(=O)N[C@@H](CC(=O)O)C(=O)N[C@H](C=O)CCCCN)C(C)C)C1=O)C(N)=O. The van der Waals surface area contributed by atoms with Crippen LogP contribution < -0.4 is 48.9 Å². The number of hydrogen-bond donors (Lipinski definition) is 11. The van der Waals surface area contributed by atoms with Gasteiger partial charge in [-0.05, 0) is 74.5 Å². The lowest BCUT2D eigenvalue weighted by atomic mass is 10.0. The number of carboxylic acids is 1. The minimum atomic E-state index is -1.70. The third-order valence-electron chi connectivity index (χ3n) is 10.5. The van der Waals surface area contributed by atoms with E-state index in [2.05, 4.69) is 37.4 Å². The Morgan fingerprint density at radius 3 is 2.02 bits per heavy atom. The first kappa shape index (κ1) is 55.0. The summed E-state index contributed by atoms with van der Waals surface area (Å²) in [7, 11) is 0. The monoisotopic (exact) mass is 920 g/mol. The number of aliphatic hydroxyl groups is 1. The Labute approximate surface area is 378 Å². The highest BCUT2D eigenvalue weighted by Gasteiger charge is 2.41. The second-order valence-electron chi connectivity index (χ2n) is 16.5. The van der Waals surface area contributed by atoms with Gasteiger partial charge in [0, 0.05) is 13.0 Å². The van der Waals surface area contributed by atoms with Crippen LogP contribution in [0.25, 0.3) is 0 Å². The molecule has 358 valence electrons. The fourth-order valence-corrected chi connectivity index (χ4v) is 7.36. The van der Waals surface area contributed by atoms with Gasteiger partial charge in [-0.1, -0.05) is 58.0 Å². The van der Waals surface area contributed by atoms with Crippen molar-refractivity contribution in [2.24, 2.45) is 23.3 Å². The average Bonchev–Trinajstić information content (AvgIpc) is 3.60. The van der Waals surface area contributed by atoms with E-state index < -0.39 is 115 Å². The summed E-state index contributed by atoms with van der Waals surface area (Å²) in [6, 6.07) is -0.741. The van der Waals surface area contributed by atoms with E-state index in [9.17, 15) is 53.4 Å². The Bertz CT molecular complexity index is 1720.